The van der Waals surface area contributed by atoms with Crippen LogP contribution in [0.1, 0.15) is 53.3 Å². The van der Waals surface area contributed by atoms with Crippen molar-refractivity contribution in [2.45, 2.75) is 55.6 Å². The second kappa shape index (κ2) is 15.3. The molecule has 3 aromatic rings. The molecular formula is C42H50N4O11. The number of nitrogens with zero attached hydrogens (tertiary/aromatic N) is 3. The standard InChI is InChI=1S/C22H24N2O8.C20H24N2O2.H2O/c1-7-8-5-4-6-9(25)11(8)16(26)12-10(7)17(27)14-15(24(2)3)18(28)13(21(23)31)20(30)22(14,32)19(12)29;1-3-13-12-22-9-7-14(13)10-19(22)20(23)16-6-8-21-18-5-4-15(24-2)11-17(16)18;/h4-7,10,14-15,17,25,27-29,32H,1-3H3,(H2,23,31);3-6,8,11,13-14,19-20,23H,1,7,9-10,12H2,2H3;1H2/t7-,10+,14+,15-,17-,22-;13-,14-,19-,20+;/m00./s1. The summed E-state index contributed by atoms with van der Waals surface area (Å²) in [6, 6.07) is 11.1. The number of pyridine rings is 1. The van der Waals surface area contributed by atoms with Gasteiger partial charge in [0.2, 0.25) is 5.78 Å². The van der Waals surface area contributed by atoms with Crippen LogP contribution < -0.4 is 10.5 Å². The van der Waals surface area contributed by atoms with Gasteiger partial charge in [-0.1, -0.05) is 25.1 Å². The first-order valence-corrected chi connectivity index (χ1v) is 18.7. The third-order valence-electron chi connectivity index (χ3n) is 12.8. The van der Waals surface area contributed by atoms with E-state index in [1.54, 1.807) is 32.4 Å². The van der Waals surface area contributed by atoms with Crippen LogP contribution in [0.4, 0.5) is 0 Å². The van der Waals surface area contributed by atoms with E-state index in [2.05, 4.69) is 22.5 Å². The minimum atomic E-state index is -2.89. The number of nitrogens with two attached hydrogens (primary N) is 1. The highest BCUT2D eigenvalue weighted by Gasteiger charge is 2.67. The topological polar surface area (TPSA) is 259 Å². The van der Waals surface area contributed by atoms with Crippen molar-refractivity contribution >= 4 is 28.4 Å². The molecule has 1 aromatic heterocycles. The normalized spacial score (nSPS) is 32.0. The number of methoxy groups -OCH3 is 1. The number of rotatable bonds is 6. The molecule has 10 N–H and O–H groups in total. The lowest BCUT2D eigenvalue weighted by atomic mass is 9.55. The molecule has 2 bridgehead atoms. The number of fused-ring (bicyclic) bond motifs is 7. The zero-order valence-corrected chi connectivity index (χ0v) is 32.2. The van der Waals surface area contributed by atoms with E-state index in [1.165, 1.54) is 31.5 Å². The maximum atomic E-state index is 13.3. The smallest absolute Gasteiger partial charge is 0.255 e. The molecule has 304 valence electrons. The van der Waals surface area contributed by atoms with Gasteiger partial charge in [-0.2, -0.15) is 0 Å². The summed E-state index contributed by atoms with van der Waals surface area (Å²) in [5.41, 5.74) is 3.21. The summed E-state index contributed by atoms with van der Waals surface area (Å²) in [7, 11) is 4.64. The number of hydrogen-bond donors (Lipinski definition) is 7. The number of aromatic nitrogens is 1. The Kier molecular flexibility index (Phi) is 11.1. The average molecular weight is 787 g/mol. The summed E-state index contributed by atoms with van der Waals surface area (Å²) >= 11 is 0. The van der Waals surface area contributed by atoms with Crippen LogP contribution >= 0.6 is 0 Å². The summed E-state index contributed by atoms with van der Waals surface area (Å²) < 4.78 is 5.35. The van der Waals surface area contributed by atoms with Crippen LogP contribution in [-0.2, 0) is 9.59 Å². The lowest BCUT2D eigenvalue weighted by molar-refractivity contribution is -0.162. The highest BCUT2D eigenvalue weighted by molar-refractivity contribution is 6.25. The van der Waals surface area contributed by atoms with E-state index in [0.717, 1.165) is 41.7 Å². The first-order chi connectivity index (χ1) is 26.6. The molecule has 0 unspecified atom stereocenters. The number of phenolic OH excluding ortho intramolecular Hbond substituents is 1. The number of aromatic hydroxyl groups is 1. The zero-order valence-electron chi connectivity index (χ0n) is 32.2. The number of phenols is 1. The van der Waals surface area contributed by atoms with Crippen LogP contribution in [0.2, 0.25) is 0 Å². The summed E-state index contributed by atoms with van der Waals surface area (Å²) in [5.74, 6) is -6.85. The van der Waals surface area contributed by atoms with Crippen LogP contribution in [0, 0.1) is 23.7 Å². The number of hydrogen-bond acceptors (Lipinski definition) is 13. The highest BCUT2D eigenvalue weighted by atomic mass is 16.5. The van der Waals surface area contributed by atoms with Crippen LogP contribution in [0.15, 0.2) is 84.0 Å². The molecule has 11 atom stereocenters. The number of carbonyl (C=O) groups excluding carboxylic acids is 3. The molecule has 0 saturated carbocycles. The van der Waals surface area contributed by atoms with Crippen LogP contribution in [-0.4, -0.2) is 126 Å². The second-order valence-electron chi connectivity index (χ2n) is 15.8. The van der Waals surface area contributed by atoms with Crippen molar-refractivity contribution in [1.29, 1.82) is 0 Å². The molecule has 0 spiro atoms. The molecule has 15 nitrogen and oxygen atoms in total. The van der Waals surface area contributed by atoms with E-state index in [4.69, 9.17) is 10.5 Å². The molecule has 0 radical (unpaired) electrons. The number of amides is 1. The summed E-state index contributed by atoms with van der Waals surface area (Å²) in [5, 5.41) is 67.2. The summed E-state index contributed by atoms with van der Waals surface area (Å²) in [6.07, 6.45) is 4.03. The van der Waals surface area contributed by atoms with Gasteiger partial charge in [0, 0.05) is 35.7 Å². The molecule has 1 amide bonds. The Morgan fingerprint density at radius 2 is 1.88 bits per heavy atom. The largest absolute Gasteiger partial charge is 0.510 e. The lowest BCUT2D eigenvalue weighted by Crippen LogP contribution is -2.68. The number of likely N-dealkylation sites (N-methyl/N-ethyl adjacent to an activating group) is 1. The number of benzene rings is 2. The summed E-state index contributed by atoms with van der Waals surface area (Å²) in [6.45, 7) is 7.75. The van der Waals surface area contributed by atoms with Crippen LogP contribution in [0.5, 0.6) is 11.5 Å². The van der Waals surface area contributed by atoms with Gasteiger partial charge in [-0.3, -0.25) is 29.2 Å². The number of ether oxygens (including phenoxy) is 1. The van der Waals surface area contributed by atoms with E-state index >= 15 is 0 Å². The van der Waals surface area contributed by atoms with Crippen LogP contribution in [0.25, 0.3) is 10.9 Å². The Morgan fingerprint density at radius 1 is 1.16 bits per heavy atom. The molecule has 3 aliphatic carbocycles. The number of Topliss-reactive ketones (excluding diaryl/α,β-unsaturated/α-hetero) is 2. The van der Waals surface area contributed by atoms with Gasteiger partial charge in [-0.25, -0.2) is 0 Å². The van der Waals surface area contributed by atoms with Crippen molar-refractivity contribution in [3.05, 3.63) is 101 Å². The number of carbonyl (C=O) groups is 3. The second-order valence-corrected chi connectivity index (χ2v) is 15.8. The molecule has 57 heavy (non-hydrogen) atoms. The molecule has 3 fully saturated rings. The molecule has 9 rings (SSSR count). The third-order valence-corrected chi connectivity index (χ3v) is 12.8. The predicted molar refractivity (Wildman–Crippen MR) is 208 cm³/mol. The first kappa shape index (κ1) is 41.5. The van der Waals surface area contributed by atoms with Gasteiger partial charge in [0.15, 0.2) is 11.4 Å². The minimum Gasteiger partial charge on any atom is -0.510 e. The van der Waals surface area contributed by atoms with E-state index < -0.39 is 81.7 Å². The van der Waals surface area contributed by atoms with Crippen molar-refractivity contribution < 1.29 is 55.2 Å². The van der Waals surface area contributed by atoms with E-state index in [0.29, 0.717) is 17.4 Å². The Labute approximate surface area is 329 Å². The monoisotopic (exact) mass is 786 g/mol. The average Bonchev–Trinajstić information content (AvgIpc) is 3.18. The van der Waals surface area contributed by atoms with Gasteiger partial charge >= 0.3 is 0 Å². The van der Waals surface area contributed by atoms with E-state index in [1.807, 2.05) is 24.3 Å². The Morgan fingerprint density at radius 3 is 2.49 bits per heavy atom. The zero-order chi connectivity index (χ0) is 40.5. The Balaban J connectivity index is 0.000000196. The fraction of sp³-hybridized carbons (Fsp3) is 0.429. The highest BCUT2D eigenvalue weighted by Crippen LogP contribution is 2.55. The molecule has 4 heterocycles. The molecular weight excluding hydrogens is 736 g/mol. The third kappa shape index (κ3) is 6.29. The predicted octanol–water partition coefficient (Wildman–Crippen LogP) is 2.00. The quantitative estimate of drug-likeness (QED) is 0.140. The van der Waals surface area contributed by atoms with E-state index in [-0.39, 0.29) is 22.8 Å². The maximum Gasteiger partial charge on any atom is 0.255 e. The molecule has 3 aliphatic heterocycles. The van der Waals surface area contributed by atoms with Crippen molar-refractivity contribution in [3.63, 3.8) is 0 Å². The first-order valence-electron chi connectivity index (χ1n) is 18.7. The SMILES string of the molecule is C=C[C@H]1C[N@]2CC[C@H]1C[C@H]2[C@H](O)c1ccnc2ccc(OC)cc12.C[C@H]1c2cccc(O)c2C(=O)C2=C(O)[C@]3(O)C(=O)C(C(N)=O)=C(O)[C@@H](N(C)C)[C@@H]3[C@@H](O)[C@@H]21.O. The number of primary amides is 1. The van der Waals surface area contributed by atoms with Crippen molar-refractivity contribution in [2.24, 2.45) is 29.4 Å². The van der Waals surface area contributed by atoms with Gasteiger partial charge in [-0.15, -0.1) is 6.58 Å². The van der Waals surface area contributed by atoms with Crippen LogP contribution in [0.3, 0.4) is 0 Å². The molecule has 15 heteroatoms. The van der Waals surface area contributed by atoms with Gasteiger partial charge in [0.1, 0.15) is 28.6 Å². The van der Waals surface area contributed by atoms with Crippen molar-refractivity contribution in [3.8, 4) is 11.5 Å². The molecule has 3 saturated heterocycles. The fourth-order valence-electron chi connectivity index (χ4n) is 10.0. The summed E-state index contributed by atoms with van der Waals surface area (Å²) in [4.78, 5) is 46.7. The molecule has 2 aromatic carbocycles. The minimum absolute atomic E-state index is 0. The number of piperidine rings is 3. The lowest BCUT2D eigenvalue weighted by Gasteiger charge is -2.53. The van der Waals surface area contributed by atoms with Crippen molar-refractivity contribution in [1.82, 2.24) is 14.8 Å². The number of aliphatic hydroxyl groups is 5. The fourth-order valence-corrected chi connectivity index (χ4v) is 10.0. The number of aliphatic hydroxyl groups excluding tert-OH is 4. The van der Waals surface area contributed by atoms with Crippen molar-refractivity contribution in [2.75, 3.05) is 34.3 Å². The number of ketones is 2. The van der Waals surface area contributed by atoms with Gasteiger partial charge in [0.05, 0.1) is 42.4 Å². The van der Waals surface area contributed by atoms with Gasteiger partial charge in [-0.05, 0) is 92.7 Å². The Hall–Kier alpha value is -5.16. The molecule has 6 aliphatic rings. The maximum absolute atomic E-state index is 13.3. The van der Waals surface area contributed by atoms with Gasteiger partial charge in [0.25, 0.3) is 5.91 Å². The van der Waals surface area contributed by atoms with Gasteiger partial charge < -0.3 is 46.6 Å². The van der Waals surface area contributed by atoms with E-state index in [9.17, 15) is 45.0 Å². The Bertz CT molecular complexity index is 2200.